The number of hydrogen-bond donors (Lipinski definition) is 1. The minimum atomic E-state index is -0.121. The van der Waals surface area contributed by atoms with Gasteiger partial charge in [0.25, 0.3) is 0 Å². The summed E-state index contributed by atoms with van der Waals surface area (Å²) >= 11 is 0. The summed E-state index contributed by atoms with van der Waals surface area (Å²) in [4.78, 5) is 19.6. The van der Waals surface area contributed by atoms with E-state index in [1.807, 2.05) is 24.0 Å². The average Bonchev–Trinajstić information content (AvgIpc) is 2.60. The molecule has 2 N–H and O–H groups in total. The molecule has 142 valence electrons. The number of anilines is 2. The summed E-state index contributed by atoms with van der Waals surface area (Å²) in [5.74, 6) is 0.246. The van der Waals surface area contributed by atoms with E-state index >= 15 is 0 Å². The van der Waals surface area contributed by atoms with E-state index in [0.717, 1.165) is 63.5 Å². The smallest absolute Gasteiger partial charge is 0.245 e. The van der Waals surface area contributed by atoms with Gasteiger partial charge in [-0.15, -0.1) is 24.8 Å². The second-order valence-electron chi connectivity index (χ2n) is 6.58. The highest BCUT2D eigenvalue weighted by Gasteiger charge is 2.31. The monoisotopic (exact) mass is 388 g/mol. The van der Waals surface area contributed by atoms with Crippen LogP contribution >= 0.6 is 24.8 Å². The van der Waals surface area contributed by atoms with Crippen LogP contribution in [-0.2, 0) is 11.2 Å². The maximum absolute atomic E-state index is 12.9. The first-order valence-corrected chi connectivity index (χ1v) is 8.77. The fourth-order valence-electron chi connectivity index (χ4n) is 3.76. The van der Waals surface area contributed by atoms with Crippen LogP contribution in [0.5, 0.6) is 0 Å². The van der Waals surface area contributed by atoms with Crippen molar-refractivity contribution in [3.8, 4) is 0 Å². The Hall–Kier alpha value is -1.17. The number of benzene rings is 1. The van der Waals surface area contributed by atoms with Crippen molar-refractivity contribution in [2.24, 2.45) is 0 Å². The Kier molecular flexibility index (Phi) is 8.32. The van der Waals surface area contributed by atoms with Crippen LogP contribution < -0.4 is 10.6 Å². The molecular weight excluding hydrogens is 359 g/mol. The summed E-state index contributed by atoms with van der Waals surface area (Å²) in [5, 5.41) is 0. The number of fused-ring (bicyclic) bond motifs is 1. The van der Waals surface area contributed by atoms with Crippen molar-refractivity contribution in [2.45, 2.75) is 32.7 Å². The second kappa shape index (κ2) is 9.51. The first-order chi connectivity index (χ1) is 11.1. The Bertz CT molecular complexity index is 576. The first-order valence-electron chi connectivity index (χ1n) is 8.77. The molecule has 0 radical (unpaired) electrons. The number of likely N-dealkylation sites (N-methyl/N-ethyl adjacent to an activating group) is 1. The third-order valence-electron chi connectivity index (χ3n) is 5.28. The fourth-order valence-corrected chi connectivity index (χ4v) is 3.76. The van der Waals surface area contributed by atoms with E-state index < -0.39 is 0 Å². The van der Waals surface area contributed by atoms with E-state index in [1.54, 1.807) is 0 Å². The molecule has 2 aliphatic rings. The van der Waals surface area contributed by atoms with Gasteiger partial charge in [0.15, 0.2) is 0 Å². The lowest BCUT2D eigenvalue weighted by Gasteiger charge is -2.40. The van der Waals surface area contributed by atoms with Gasteiger partial charge in [-0.05, 0) is 44.0 Å². The lowest BCUT2D eigenvalue weighted by molar-refractivity contribution is -0.134. The summed E-state index contributed by atoms with van der Waals surface area (Å²) in [7, 11) is 0. The molecule has 5 nitrogen and oxygen atoms in total. The van der Waals surface area contributed by atoms with Crippen molar-refractivity contribution >= 4 is 42.1 Å². The minimum absolute atomic E-state index is 0. The van der Waals surface area contributed by atoms with Gasteiger partial charge >= 0.3 is 0 Å². The number of hydrogen-bond acceptors (Lipinski definition) is 4. The van der Waals surface area contributed by atoms with Crippen LogP contribution in [-0.4, -0.2) is 61.0 Å². The van der Waals surface area contributed by atoms with E-state index in [1.165, 1.54) is 5.56 Å². The number of halogens is 2. The zero-order chi connectivity index (χ0) is 16.4. The number of rotatable bonds is 3. The quantitative estimate of drug-likeness (QED) is 0.807. The van der Waals surface area contributed by atoms with Crippen molar-refractivity contribution in [1.82, 2.24) is 9.80 Å². The molecular formula is C18H30Cl2N4O. The van der Waals surface area contributed by atoms with Gasteiger partial charge in [-0.1, -0.05) is 13.0 Å². The Morgan fingerprint density at radius 3 is 2.48 bits per heavy atom. The van der Waals surface area contributed by atoms with Crippen LogP contribution in [0, 0.1) is 0 Å². The Balaban J connectivity index is 0.00000156. The van der Waals surface area contributed by atoms with Gasteiger partial charge in [-0.2, -0.15) is 0 Å². The number of carbonyl (C=O) groups is 1. The van der Waals surface area contributed by atoms with Crippen molar-refractivity contribution in [3.05, 3.63) is 23.8 Å². The van der Waals surface area contributed by atoms with Gasteiger partial charge in [0.2, 0.25) is 5.91 Å². The molecule has 1 saturated heterocycles. The van der Waals surface area contributed by atoms with Crippen LogP contribution in [0.1, 0.15) is 25.8 Å². The molecule has 0 aliphatic carbocycles. The van der Waals surface area contributed by atoms with Gasteiger partial charge in [0.05, 0.1) is 0 Å². The Morgan fingerprint density at radius 1 is 1.16 bits per heavy atom. The van der Waals surface area contributed by atoms with Crippen molar-refractivity contribution < 1.29 is 4.79 Å². The molecule has 2 aliphatic heterocycles. The number of amides is 1. The molecule has 2 heterocycles. The molecule has 1 fully saturated rings. The summed E-state index contributed by atoms with van der Waals surface area (Å²) in [6, 6.07) is 5.93. The summed E-state index contributed by atoms with van der Waals surface area (Å²) in [6.07, 6.45) is 2.07. The van der Waals surface area contributed by atoms with E-state index in [0.29, 0.717) is 0 Å². The van der Waals surface area contributed by atoms with Crippen LogP contribution in [0.3, 0.4) is 0 Å². The van der Waals surface area contributed by atoms with E-state index in [2.05, 4.69) is 22.8 Å². The second-order valence-corrected chi connectivity index (χ2v) is 6.58. The standard InChI is InChI=1S/C18H28N4O.2ClH/c1-3-20-10-12-21(13-11-20)18(23)14(2)22-9-5-6-15-16(19)7-4-8-17(15)22;;/h4,7-8,14H,3,5-6,9-13,19H2,1-2H3;2*1H. The lowest BCUT2D eigenvalue weighted by Crippen LogP contribution is -2.54. The normalized spacial score (nSPS) is 18.6. The van der Waals surface area contributed by atoms with Crippen LogP contribution in [0.25, 0.3) is 0 Å². The number of piperazine rings is 1. The Morgan fingerprint density at radius 2 is 1.84 bits per heavy atom. The predicted molar refractivity (Wildman–Crippen MR) is 109 cm³/mol. The fraction of sp³-hybridized carbons (Fsp3) is 0.611. The SMILES string of the molecule is CCN1CCN(C(=O)C(C)N2CCCc3c(N)cccc32)CC1.Cl.Cl. The molecule has 7 heteroatoms. The summed E-state index contributed by atoms with van der Waals surface area (Å²) < 4.78 is 0. The molecule has 1 amide bonds. The van der Waals surface area contributed by atoms with Gasteiger partial charge in [0, 0.05) is 44.1 Å². The molecule has 1 atom stereocenters. The zero-order valence-electron chi connectivity index (χ0n) is 15.1. The van der Waals surface area contributed by atoms with Crippen LogP contribution in [0.2, 0.25) is 0 Å². The van der Waals surface area contributed by atoms with E-state index in [4.69, 9.17) is 5.73 Å². The molecule has 3 rings (SSSR count). The highest BCUT2D eigenvalue weighted by molar-refractivity contribution is 5.86. The maximum atomic E-state index is 12.9. The van der Waals surface area contributed by atoms with Gasteiger partial charge in [0.1, 0.15) is 6.04 Å². The molecule has 0 aromatic heterocycles. The largest absolute Gasteiger partial charge is 0.398 e. The zero-order valence-corrected chi connectivity index (χ0v) is 16.7. The highest BCUT2D eigenvalue weighted by Crippen LogP contribution is 2.32. The third-order valence-corrected chi connectivity index (χ3v) is 5.28. The molecule has 0 saturated carbocycles. The molecule has 0 spiro atoms. The molecule has 1 aromatic carbocycles. The molecule has 1 unspecified atom stereocenters. The van der Waals surface area contributed by atoms with E-state index in [-0.39, 0.29) is 36.8 Å². The topological polar surface area (TPSA) is 52.8 Å². The minimum Gasteiger partial charge on any atom is -0.398 e. The number of nitrogen functional groups attached to an aromatic ring is 1. The third kappa shape index (κ3) is 4.52. The van der Waals surface area contributed by atoms with Crippen molar-refractivity contribution in [2.75, 3.05) is 49.9 Å². The highest BCUT2D eigenvalue weighted by atomic mass is 35.5. The first kappa shape index (κ1) is 21.9. The predicted octanol–water partition coefficient (Wildman–Crippen LogP) is 2.42. The van der Waals surface area contributed by atoms with Crippen molar-refractivity contribution in [1.29, 1.82) is 0 Å². The summed E-state index contributed by atoms with van der Waals surface area (Å²) in [6.45, 7) is 9.86. The van der Waals surface area contributed by atoms with Gasteiger partial charge in [-0.3, -0.25) is 4.79 Å². The number of nitrogens with zero attached hydrogens (tertiary/aromatic N) is 3. The number of carbonyl (C=O) groups excluding carboxylic acids is 1. The summed E-state index contributed by atoms with van der Waals surface area (Å²) in [5.41, 5.74) is 9.32. The van der Waals surface area contributed by atoms with E-state index in [9.17, 15) is 4.79 Å². The lowest BCUT2D eigenvalue weighted by atomic mass is 9.98. The van der Waals surface area contributed by atoms with Gasteiger partial charge < -0.3 is 20.4 Å². The molecule has 1 aromatic rings. The Labute approximate surface area is 163 Å². The van der Waals surface area contributed by atoms with Crippen LogP contribution in [0.4, 0.5) is 11.4 Å². The van der Waals surface area contributed by atoms with Crippen LogP contribution in [0.15, 0.2) is 18.2 Å². The maximum Gasteiger partial charge on any atom is 0.245 e. The number of nitrogens with two attached hydrogens (primary N) is 1. The van der Waals surface area contributed by atoms with Crippen molar-refractivity contribution in [3.63, 3.8) is 0 Å². The molecule has 0 bridgehead atoms. The molecule has 25 heavy (non-hydrogen) atoms. The van der Waals surface area contributed by atoms with Gasteiger partial charge in [-0.25, -0.2) is 0 Å². The average molecular weight is 389 g/mol.